The van der Waals surface area contributed by atoms with Crippen molar-refractivity contribution in [2.24, 2.45) is 5.73 Å². The van der Waals surface area contributed by atoms with E-state index in [4.69, 9.17) is 5.73 Å². The summed E-state index contributed by atoms with van der Waals surface area (Å²) in [6, 6.07) is -0.164. The number of hydrogen-bond donors (Lipinski definition) is 2. The number of nitrogens with two attached hydrogens (primary N) is 1. The van der Waals surface area contributed by atoms with Gasteiger partial charge in [-0.3, -0.25) is 4.79 Å². The first-order valence-corrected chi connectivity index (χ1v) is 8.71. The molecule has 0 aromatic carbocycles. The third kappa shape index (κ3) is 4.15. The van der Waals surface area contributed by atoms with Gasteiger partial charge in [0.1, 0.15) is 0 Å². The number of piperidine rings is 1. The van der Waals surface area contributed by atoms with E-state index in [1.54, 1.807) is 4.90 Å². The maximum absolute atomic E-state index is 12.2. The molecule has 3 N–H and O–H groups in total. The highest BCUT2D eigenvalue weighted by atomic mass is 32.2. The molecule has 7 heteroatoms. The Morgan fingerprint density at radius 2 is 2.11 bits per heavy atom. The van der Waals surface area contributed by atoms with Crippen LogP contribution in [0.3, 0.4) is 0 Å². The predicted molar refractivity (Wildman–Crippen MR) is 73.0 cm³/mol. The maximum Gasteiger partial charge on any atom is 0.224 e. The van der Waals surface area contributed by atoms with Gasteiger partial charge in [-0.1, -0.05) is 0 Å². The van der Waals surface area contributed by atoms with Crippen LogP contribution in [0.2, 0.25) is 0 Å². The molecule has 1 saturated heterocycles. The van der Waals surface area contributed by atoms with Gasteiger partial charge in [0.2, 0.25) is 15.9 Å². The summed E-state index contributed by atoms with van der Waals surface area (Å²) in [5.74, 6) is 0.0576. The van der Waals surface area contributed by atoms with Crippen molar-refractivity contribution < 1.29 is 13.2 Å². The fourth-order valence-corrected chi connectivity index (χ4v) is 3.62. The van der Waals surface area contributed by atoms with Gasteiger partial charge in [0.15, 0.2) is 0 Å². The normalized spacial score (nSPS) is 26.8. The van der Waals surface area contributed by atoms with Crippen molar-refractivity contribution in [3.63, 3.8) is 0 Å². The van der Waals surface area contributed by atoms with Crippen LogP contribution in [0.1, 0.15) is 38.5 Å². The molecule has 19 heavy (non-hydrogen) atoms. The summed E-state index contributed by atoms with van der Waals surface area (Å²) in [4.78, 5) is 13.9. The summed E-state index contributed by atoms with van der Waals surface area (Å²) in [7, 11) is -3.21. The smallest absolute Gasteiger partial charge is 0.224 e. The standard InChI is InChI=1S/C12H23N3O3S/c1-19(17,18)14-10-4-2-7-15(9-10)11(16)8-12(13)5-3-6-12/h10,14H,2-9,13H2,1H3. The number of carbonyl (C=O) groups excluding carboxylic acids is 1. The van der Waals surface area contributed by atoms with E-state index >= 15 is 0 Å². The Labute approximate surface area is 114 Å². The highest BCUT2D eigenvalue weighted by Gasteiger charge is 2.37. The van der Waals surface area contributed by atoms with Gasteiger partial charge in [0.05, 0.1) is 6.26 Å². The van der Waals surface area contributed by atoms with Crippen molar-refractivity contribution in [2.75, 3.05) is 19.3 Å². The average molecular weight is 289 g/mol. The SMILES string of the molecule is CS(=O)(=O)NC1CCCN(C(=O)CC2(N)CCC2)C1. The third-order valence-electron chi connectivity index (χ3n) is 4.01. The first kappa shape index (κ1) is 14.7. The summed E-state index contributed by atoms with van der Waals surface area (Å²) in [5.41, 5.74) is 5.78. The molecule has 0 bridgehead atoms. The van der Waals surface area contributed by atoms with Crippen molar-refractivity contribution in [2.45, 2.75) is 50.1 Å². The molecule has 0 aromatic rings. The summed E-state index contributed by atoms with van der Waals surface area (Å²) in [6.07, 6.45) is 6.08. The van der Waals surface area contributed by atoms with Gasteiger partial charge >= 0.3 is 0 Å². The summed E-state index contributed by atoms with van der Waals surface area (Å²) in [6.45, 7) is 1.17. The molecule has 6 nitrogen and oxygen atoms in total. The molecule has 1 amide bonds. The van der Waals surface area contributed by atoms with Crippen LogP contribution in [-0.4, -0.2) is 50.2 Å². The number of nitrogens with one attached hydrogen (secondary N) is 1. The van der Waals surface area contributed by atoms with E-state index in [1.807, 2.05) is 0 Å². The Hall–Kier alpha value is -0.660. The van der Waals surface area contributed by atoms with Crippen LogP contribution in [0, 0.1) is 0 Å². The van der Waals surface area contributed by atoms with Crippen LogP contribution in [-0.2, 0) is 14.8 Å². The lowest BCUT2D eigenvalue weighted by Crippen LogP contribution is -2.54. The summed E-state index contributed by atoms with van der Waals surface area (Å²) in [5, 5.41) is 0. The minimum Gasteiger partial charge on any atom is -0.341 e. The minimum absolute atomic E-state index is 0.0576. The van der Waals surface area contributed by atoms with Gasteiger partial charge in [0.25, 0.3) is 0 Å². The van der Waals surface area contributed by atoms with Crippen molar-refractivity contribution in [1.82, 2.24) is 9.62 Å². The molecule has 1 aliphatic carbocycles. The maximum atomic E-state index is 12.2. The Bertz CT molecular complexity index is 445. The zero-order valence-electron chi connectivity index (χ0n) is 11.4. The monoisotopic (exact) mass is 289 g/mol. The highest BCUT2D eigenvalue weighted by molar-refractivity contribution is 7.88. The molecule has 0 spiro atoms. The molecular weight excluding hydrogens is 266 g/mol. The Morgan fingerprint density at radius 1 is 1.42 bits per heavy atom. The molecule has 2 aliphatic rings. The van der Waals surface area contributed by atoms with Crippen LogP contribution < -0.4 is 10.5 Å². The number of sulfonamides is 1. The van der Waals surface area contributed by atoms with Crippen molar-refractivity contribution >= 4 is 15.9 Å². The van der Waals surface area contributed by atoms with Crippen LogP contribution >= 0.6 is 0 Å². The predicted octanol–water partition coefficient (Wildman–Crippen LogP) is -0.202. The molecule has 0 radical (unpaired) electrons. The van der Waals surface area contributed by atoms with Crippen LogP contribution in [0.25, 0.3) is 0 Å². The van der Waals surface area contributed by atoms with Crippen molar-refractivity contribution in [3.8, 4) is 0 Å². The van der Waals surface area contributed by atoms with E-state index in [2.05, 4.69) is 4.72 Å². The molecule has 2 rings (SSSR count). The molecular formula is C12H23N3O3S. The van der Waals surface area contributed by atoms with E-state index in [0.29, 0.717) is 19.5 Å². The fraction of sp³-hybridized carbons (Fsp3) is 0.917. The first-order valence-electron chi connectivity index (χ1n) is 6.81. The second-order valence-electron chi connectivity index (χ2n) is 5.96. The summed E-state index contributed by atoms with van der Waals surface area (Å²) < 4.78 is 25.0. The number of amides is 1. The van der Waals surface area contributed by atoms with E-state index in [0.717, 1.165) is 38.4 Å². The minimum atomic E-state index is -3.21. The molecule has 1 saturated carbocycles. The number of likely N-dealkylation sites (tertiary alicyclic amines) is 1. The quantitative estimate of drug-likeness (QED) is 0.749. The largest absolute Gasteiger partial charge is 0.341 e. The number of hydrogen-bond acceptors (Lipinski definition) is 4. The van der Waals surface area contributed by atoms with Crippen LogP contribution in [0.15, 0.2) is 0 Å². The second-order valence-corrected chi connectivity index (χ2v) is 7.74. The summed E-state index contributed by atoms with van der Waals surface area (Å²) >= 11 is 0. The lowest BCUT2D eigenvalue weighted by molar-refractivity contribution is -0.134. The molecule has 110 valence electrons. The van der Waals surface area contributed by atoms with Gasteiger partial charge < -0.3 is 10.6 Å². The van der Waals surface area contributed by atoms with Gasteiger partial charge in [-0.15, -0.1) is 0 Å². The molecule has 2 fully saturated rings. The van der Waals surface area contributed by atoms with Gasteiger partial charge in [-0.25, -0.2) is 13.1 Å². The average Bonchev–Trinajstić information content (AvgIpc) is 2.25. The molecule has 1 atom stereocenters. The first-order chi connectivity index (χ1) is 8.77. The topological polar surface area (TPSA) is 92.5 Å². The van der Waals surface area contributed by atoms with Crippen molar-refractivity contribution in [1.29, 1.82) is 0 Å². The highest BCUT2D eigenvalue weighted by Crippen LogP contribution is 2.32. The lowest BCUT2D eigenvalue weighted by atomic mass is 9.75. The van der Waals surface area contributed by atoms with E-state index in [1.165, 1.54) is 0 Å². The van der Waals surface area contributed by atoms with Gasteiger partial charge in [0, 0.05) is 31.1 Å². The van der Waals surface area contributed by atoms with E-state index in [9.17, 15) is 13.2 Å². The van der Waals surface area contributed by atoms with Crippen molar-refractivity contribution in [3.05, 3.63) is 0 Å². The third-order valence-corrected chi connectivity index (χ3v) is 4.77. The Balaban J connectivity index is 1.88. The Kier molecular flexibility index (Phi) is 4.17. The van der Waals surface area contributed by atoms with Gasteiger partial charge in [-0.05, 0) is 32.1 Å². The molecule has 0 aromatic heterocycles. The molecule has 1 aliphatic heterocycles. The Morgan fingerprint density at radius 3 is 2.63 bits per heavy atom. The molecule has 1 heterocycles. The lowest BCUT2D eigenvalue weighted by Gasteiger charge is -2.40. The van der Waals surface area contributed by atoms with E-state index in [-0.39, 0.29) is 17.5 Å². The van der Waals surface area contributed by atoms with Crippen LogP contribution in [0.4, 0.5) is 0 Å². The number of rotatable bonds is 4. The van der Waals surface area contributed by atoms with Crippen LogP contribution in [0.5, 0.6) is 0 Å². The zero-order chi connectivity index (χ0) is 14.1. The zero-order valence-corrected chi connectivity index (χ0v) is 12.2. The fourth-order valence-electron chi connectivity index (χ4n) is 2.82. The van der Waals surface area contributed by atoms with E-state index < -0.39 is 10.0 Å². The number of nitrogens with zero attached hydrogens (tertiary/aromatic N) is 1. The number of carbonyl (C=O) groups is 1. The second kappa shape index (κ2) is 5.38. The molecule has 1 unspecified atom stereocenters. The van der Waals surface area contributed by atoms with Gasteiger partial charge in [-0.2, -0.15) is 0 Å².